The van der Waals surface area contributed by atoms with Crippen molar-refractivity contribution in [3.8, 4) is 0 Å². The fraction of sp³-hybridized carbons (Fsp3) is 0.375. The zero-order chi connectivity index (χ0) is 16.1. The molecule has 6 nitrogen and oxygen atoms in total. The van der Waals surface area contributed by atoms with Crippen molar-refractivity contribution in [1.82, 2.24) is 15.2 Å². The number of benzene rings is 1. The first-order valence-corrected chi connectivity index (χ1v) is 7.31. The molecule has 4 N–H and O–H groups in total. The Morgan fingerprint density at radius 3 is 2.86 bits per heavy atom. The lowest BCUT2D eigenvalue weighted by Gasteiger charge is -2.07. The van der Waals surface area contributed by atoms with Crippen molar-refractivity contribution >= 4 is 22.8 Å². The van der Waals surface area contributed by atoms with Crippen molar-refractivity contribution in [1.29, 1.82) is 0 Å². The normalized spacial score (nSPS) is 12.1. The molecule has 0 aliphatic rings. The molecule has 2 aromatic rings. The second-order valence-electron chi connectivity index (χ2n) is 5.60. The summed E-state index contributed by atoms with van der Waals surface area (Å²) in [7, 11) is 4.01. The van der Waals surface area contributed by atoms with Gasteiger partial charge in [0.25, 0.3) is 5.91 Å². The van der Waals surface area contributed by atoms with Crippen LogP contribution in [0.5, 0.6) is 0 Å². The first-order valence-electron chi connectivity index (χ1n) is 7.31. The predicted octanol–water partition coefficient (Wildman–Crippen LogP) is 1.47. The highest BCUT2D eigenvalue weighted by Crippen LogP contribution is 2.18. The van der Waals surface area contributed by atoms with Crippen LogP contribution in [0.25, 0.3) is 10.9 Å². The van der Waals surface area contributed by atoms with E-state index in [-0.39, 0.29) is 11.9 Å². The van der Waals surface area contributed by atoms with E-state index in [4.69, 9.17) is 5.73 Å². The molecule has 118 valence electrons. The highest BCUT2D eigenvalue weighted by atomic mass is 16.2. The maximum atomic E-state index is 12.2. The summed E-state index contributed by atoms with van der Waals surface area (Å²) in [4.78, 5) is 21.5. The Balaban J connectivity index is 1.98. The van der Waals surface area contributed by atoms with Gasteiger partial charge in [-0.3, -0.25) is 15.1 Å². The van der Waals surface area contributed by atoms with Crippen LogP contribution in [0.4, 0.5) is 0 Å². The van der Waals surface area contributed by atoms with Crippen molar-refractivity contribution in [2.75, 3.05) is 27.2 Å². The van der Waals surface area contributed by atoms with E-state index in [1.54, 1.807) is 0 Å². The zero-order valence-corrected chi connectivity index (χ0v) is 13.3. The molecule has 1 amide bonds. The summed E-state index contributed by atoms with van der Waals surface area (Å²) >= 11 is 0. The molecule has 0 fully saturated rings. The van der Waals surface area contributed by atoms with Gasteiger partial charge in [-0.25, -0.2) is 0 Å². The van der Waals surface area contributed by atoms with Crippen molar-refractivity contribution in [3.63, 3.8) is 0 Å². The van der Waals surface area contributed by atoms with Crippen LogP contribution in [0, 0.1) is 6.92 Å². The third-order valence-corrected chi connectivity index (χ3v) is 3.41. The molecule has 0 aliphatic carbocycles. The van der Waals surface area contributed by atoms with E-state index in [2.05, 4.69) is 20.2 Å². The standard InChI is InChI=1S/C16H23N5O/c1-11-6-4-7-13-12(11)10-14(19-13)15(22)20-16(17)18-8-5-9-21(2)3/h4,6-7,10,19H,5,8-9H2,1-3H3,(H3,17,18,20,22). The van der Waals surface area contributed by atoms with Gasteiger partial charge in [0, 0.05) is 17.4 Å². The Kier molecular flexibility index (Phi) is 5.16. The van der Waals surface area contributed by atoms with Crippen LogP contribution in [-0.2, 0) is 0 Å². The van der Waals surface area contributed by atoms with Gasteiger partial charge >= 0.3 is 0 Å². The number of guanidine groups is 1. The second kappa shape index (κ2) is 7.09. The summed E-state index contributed by atoms with van der Waals surface area (Å²) in [6, 6.07) is 7.74. The molecule has 0 saturated heterocycles. The highest BCUT2D eigenvalue weighted by Gasteiger charge is 2.11. The summed E-state index contributed by atoms with van der Waals surface area (Å²) in [5.74, 6) is -0.122. The summed E-state index contributed by atoms with van der Waals surface area (Å²) in [5.41, 5.74) is 8.29. The second-order valence-corrected chi connectivity index (χ2v) is 5.60. The third kappa shape index (κ3) is 4.08. The molecule has 0 bridgehead atoms. The number of aryl methyl sites for hydroxylation is 1. The Morgan fingerprint density at radius 1 is 1.41 bits per heavy atom. The van der Waals surface area contributed by atoms with Gasteiger partial charge in [-0.05, 0) is 51.7 Å². The molecule has 0 atom stereocenters. The quantitative estimate of drug-likeness (QED) is 0.444. The van der Waals surface area contributed by atoms with Crippen LogP contribution in [0.1, 0.15) is 22.5 Å². The number of rotatable bonds is 5. The number of carbonyl (C=O) groups is 1. The molecule has 0 unspecified atom stereocenters. The van der Waals surface area contributed by atoms with Gasteiger partial charge < -0.3 is 15.6 Å². The van der Waals surface area contributed by atoms with Gasteiger partial charge in [-0.2, -0.15) is 0 Å². The van der Waals surface area contributed by atoms with Crippen LogP contribution in [0.2, 0.25) is 0 Å². The van der Waals surface area contributed by atoms with Crippen LogP contribution in [-0.4, -0.2) is 48.9 Å². The third-order valence-electron chi connectivity index (χ3n) is 3.41. The molecule has 6 heteroatoms. The van der Waals surface area contributed by atoms with E-state index < -0.39 is 0 Å². The Morgan fingerprint density at radius 2 is 2.18 bits per heavy atom. The first kappa shape index (κ1) is 16.0. The van der Waals surface area contributed by atoms with Gasteiger partial charge in [0.15, 0.2) is 5.96 Å². The van der Waals surface area contributed by atoms with Crippen molar-refractivity contribution in [2.45, 2.75) is 13.3 Å². The van der Waals surface area contributed by atoms with Crippen LogP contribution in [0.3, 0.4) is 0 Å². The van der Waals surface area contributed by atoms with Gasteiger partial charge in [-0.1, -0.05) is 12.1 Å². The average molecular weight is 301 g/mol. The highest BCUT2D eigenvalue weighted by molar-refractivity contribution is 6.06. The SMILES string of the molecule is Cc1cccc2[nH]c(C(=O)NC(N)=NCCCN(C)C)cc12. The van der Waals surface area contributed by atoms with Gasteiger partial charge in [0.05, 0.1) is 0 Å². The van der Waals surface area contributed by atoms with Crippen LogP contribution in [0.15, 0.2) is 29.3 Å². The fourth-order valence-corrected chi connectivity index (χ4v) is 2.24. The minimum atomic E-state index is -0.274. The maximum Gasteiger partial charge on any atom is 0.274 e. The summed E-state index contributed by atoms with van der Waals surface area (Å²) in [6.07, 6.45) is 0.898. The van der Waals surface area contributed by atoms with E-state index >= 15 is 0 Å². The Labute approximate surface area is 130 Å². The predicted molar refractivity (Wildman–Crippen MR) is 90.2 cm³/mol. The molecule has 1 heterocycles. The average Bonchev–Trinajstić information content (AvgIpc) is 2.89. The number of nitrogens with one attached hydrogen (secondary N) is 2. The number of hydrogen-bond donors (Lipinski definition) is 3. The summed E-state index contributed by atoms with van der Waals surface area (Å²) in [6.45, 7) is 3.54. The molecule has 0 saturated carbocycles. The number of aromatic amines is 1. The number of hydrogen-bond acceptors (Lipinski definition) is 3. The smallest absolute Gasteiger partial charge is 0.274 e. The molecule has 2 rings (SSSR count). The molecule has 1 aromatic carbocycles. The fourth-order valence-electron chi connectivity index (χ4n) is 2.24. The van der Waals surface area contributed by atoms with E-state index in [1.807, 2.05) is 45.3 Å². The molecule has 1 aromatic heterocycles. The van der Waals surface area contributed by atoms with Gasteiger partial charge in [0.2, 0.25) is 0 Å². The first-order chi connectivity index (χ1) is 10.5. The van der Waals surface area contributed by atoms with Gasteiger partial charge in [-0.15, -0.1) is 0 Å². The number of fused-ring (bicyclic) bond motifs is 1. The number of aliphatic imine (C=N–C) groups is 1. The monoisotopic (exact) mass is 301 g/mol. The summed E-state index contributed by atoms with van der Waals surface area (Å²) in [5, 5.41) is 3.64. The lowest BCUT2D eigenvalue weighted by molar-refractivity contribution is 0.0972. The molecule has 0 aliphatic heterocycles. The maximum absolute atomic E-state index is 12.2. The Hall–Kier alpha value is -2.34. The minimum Gasteiger partial charge on any atom is -0.370 e. The topological polar surface area (TPSA) is 86.5 Å². The lowest BCUT2D eigenvalue weighted by atomic mass is 10.1. The van der Waals surface area contributed by atoms with Crippen LogP contribution >= 0.6 is 0 Å². The van der Waals surface area contributed by atoms with E-state index in [9.17, 15) is 4.79 Å². The number of nitrogens with two attached hydrogens (primary N) is 1. The van der Waals surface area contributed by atoms with Gasteiger partial charge in [0.1, 0.15) is 5.69 Å². The molecule has 22 heavy (non-hydrogen) atoms. The number of H-pyrrole nitrogens is 1. The number of nitrogens with zero attached hydrogens (tertiary/aromatic N) is 2. The Bertz CT molecular complexity index is 687. The molecular weight excluding hydrogens is 278 g/mol. The van der Waals surface area contributed by atoms with Crippen molar-refractivity contribution in [3.05, 3.63) is 35.5 Å². The minimum absolute atomic E-state index is 0.152. The number of aromatic nitrogens is 1. The van der Waals surface area contributed by atoms with E-state index in [0.717, 1.165) is 29.4 Å². The van der Waals surface area contributed by atoms with E-state index in [0.29, 0.717) is 12.2 Å². The van der Waals surface area contributed by atoms with E-state index in [1.165, 1.54) is 0 Å². The molecular formula is C16H23N5O. The lowest BCUT2D eigenvalue weighted by Crippen LogP contribution is -2.37. The number of amides is 1. The largest absolute Gasteiger partial charge is 0.370 e. The zero-order valence-electron chi connectivity index (χ0n) is 13.3. The molecule has 0 radical (unpaired) electrons. The summed E-state index contributed by atoms with van der Waals surface area (Å²) < 4.78 is 0. The van der Waals surface area contributed by atoms with Crippen molar-refractivity contribution in [2.24, 2.45) is 10.7 Å². The number of carbonyl (C=O) groups excluding carboxylic acids is 1. The van der Waals surface area contributed by atoms with Crippen molar-refractivity contribution < 1.29 is 4.79 Å². The van der Waals surface area contributed by atoms with Crippen LogP contribution < -0.4 is 11.1 Å². The molecule has 0 spiro atoms.